The van der Waals surface area contributed by atoms with Crippen molar-refractivity contribution in [2.45, 2.75) is 11.8 Å². The molecule has 0 aromatic heterocycles. The predicted molar refractivity (Wildman–Crippen MR) is 74.4 cm³/mol. The maximum atomic E-state index is 12.8. The van der Waals surface area contributed by atoms with Crippen LogP contribution in [0.5, 0.6) is 0 Å². The fourth-order valence-corrected chi connectivity index (χ4v) is 3.86. The smallest absolute Gasteiger partial charge is 0.376 e. The highest BCUT2D eigenvalue weighted by molar-refractivity contribution is 7.58. The summed E-state index contributed by atoms with van der Waals surface area (Å²) in [5, 5.41) is -1.30. The van der Waals surface area contributed by atoms with Gasteiger partial charge in [0.25, 0.3) is 0 Å². The van der Waals surface area contributed by atoms with Crippen molar-refractivity contribution in [2.24, 2.45) is 0 Å². The third-order valence-electron chi connectivity index (χ3n) is 3.35. The number of carbonyl (C=O) groups is 2. The Morgan fingerprint density at radius 2 is 1.82 bits per heavy atom. The van der Waals surface area contributed by atoms with Crippen LogP contribution < -0.4 is 0 Å². The van der Waals surface area contributed by atoms with Gasteiger partial charge in [0.2, 0.25) is 0 Å². The molecule has 0 bridgehead atoms. The van der Waals surface area contributed by atoms with Crippen LogP contribution in [0.25, 0.3) is 0 Å². The summed E-state index contributed by atoms with van der Waals surface area (Å²) in [6.45, 7) is 0.0262. The molecule has 2 rings (SSSR count). The fourth-order valence-electron chi connectivity index (χ4n) is 2.21. The number of carbonyl (C=O) groups excluding carboxylic acids is 2. The Kier molecular flexibility index (Phi) is 4.67. The quantitative estimate of drug-likeness (QED) is 0.438. The molecule has 0 saturated carbocycles. The Bertz CT molecular complexity index is 612. The van der Waals surface area contributed by atoms with Crippen molar-refractivity contribution in [1.29, 1.82) is 0 Å². The first kappa shape index (κ1) is 16.6. The van der Waals surface area contributed by atoms with Gasteiger partial charge in [-0.3, -0.25) is 4.57 Å². The van der Waals surface area contributed by atoms with Crippen LogP contribution in [0.4, 0.5) is 0 Å². The lowest BCUT2D eigenvalue weighted by Gasteiger charge is -2.46. The van der Waals surface area contributed by atoms with Crippen LogP contribution in [0.15, 0.2) is 30.3 Å². The summed E-state index contributed by atoms with van der Waals surface area (Å²) in [7, 11) is -0.917. The Labute approximate surface area is 127 Å². The van der Waals surface area contributed by atoms with E-state index in [-0.39, 0.29) is 6.54 Å². The Morgan fingerprint density at radius 1 is 1.23 bits per heavy atom. The first-order valence-electron chi connectivity index (χ1n) is 6.30. The van der Waals surface area contributed by atoms with Gasteiger partial charge in [-0.15, -0.1) is 0 Å². The molecular formula is C13H16NO7P. The molecule has 1 aromatic rings. The van der Waals surface area contributed by atoms with E-state index in [4.69, 9.17) is 13.9 Å². The average molecular weight is 329 g/mol. The lowest BCUT2D eigenvalue weighted by Crippen LogP contribution is -2.70. The van der Waals surface area contributed by atoms with Gasteiger partial charge < -0.3 is 18.6 Å². The molecule has 120 valence electrons. The normalized spacial score (nSPS) is 21.9. The standard InChI is InChI=1S/C13H16NO7P/c1-18-11(15)13(22(17,19-2)20-3)12(16)21-14(13)9-10-7-5-4-6-8-10/h4-8H,9H2,1-3H3. The number of esters is 1. The Balaban J connectivity index is 2.44. The van der Waals surface area contributed by atoms with Gasteiger partial charge in [0.15, 0.2) is 0 Å². The molecule has 1 aliphatic heterocycles. The molecule has 0 N–H and O–H groups in total. The largest absolute Gasteiger partial charge is 0.467 e. The second-order valence-corrected chi connectivity index (χ2v) is 6.80. The van der Waals surface area contributed by atoms with Crippen molar-refractivity contribution in [2.75, 3.05) is 21.3 Å². The molecule has 0 amide bonds. The second-order valence-electron chi connectivity index (χ2n) is 4.43. The number of methoxy groups -OCH3 is 1. The van der Waals surface area contributed by atoms with Crippen LogP contribution in [-0.4, -0.2) is 43.6 Å². The predicted octanol–water partition coefficient (Wildman–Crippen LogP) is 1.32. The van der Waals surface area contributed by atoms with E-state index in [0.29, 0.717) is 0 Å². The fraction of sp³-hybridized carbons (Fsp3) is 0.385. The maximum Gasteiger partial charge on any atom is 0.376 e. The van der Waals surface area contributed by atoms with Crippen molar-refractivity contribution in [1.82, 2.24) is 5.06 Å². The molecule has 1 unspecified atom stereocenters. The van der Waals surface area contributed by atoms with E-state index in [0.717, 1.165) is 32.0 Å². The van der Waals surface area contributed by atoms with Gasteiger partial charge in [-0.05, 0) is 5.56 Å². The van der Waals surface area contributed by atoms with E-state index in [9.17, 15) is 14.2 Å². The van der Waals surface area contributed by atoms with Crippen molar-refractivity contribution >= 4 is 19.5 Å². The van der Waals surface area contributed by atoms with Gasteiger partial charge in [-0.25, -0.2) is 9.59 Å². The number of benzene rings is 1. The lowest BCUT2D eigenvalue weighted by atomic mass is 10.1. The number of rotatable bonds is 6. The van der Waals surface area contributed by atoms with Crippen LogP contribution >= 0.6 is 7.60 Å². The molecular weight excluding hydrogens is 313 g/mol. The van der Waals surface area contributed by atoms with Crippen LogP contribution in [0.3, 0.4) is 0 Å². The summed E-state index contributed by atoms with van der Waals surface area (Å²) in [4.78, 5) is 29.1. The van der Waals surface area contributed by atoms with E-state index in [1.165, 1.54) is 0 Å². The summed E-state index contributed by atoms with van der Waals surface area (Å²) in [6.07, 6.45) is 0. The van der Waals surface area contributed by atoms with Crippen molar-refractivity contribution in [3.63, 3.8) is 0 Å². The Hall–Kier alpha value is -1.73. The van der Waals surface area contributed by atoms with E-state index in [1.807, 2.05) is 6.07 Å². The number of hydrogen-bond donors (Lipinski definition) is 0. The highest BCUT2D eigenvalue weighted by Gasteiger charge is 2.77. The minimum Gasteiger partial charge on any atom is -0.467 e. The highest BCUT2D eigenvalue weighted by Crippen LogP contribution is 2.65. The van der Waals surface area contributed by atoms with Crippen LogP contribution in [0.1, 0.15) is 5.56 Å². The average Bonchev–Trinajstić information content (AvgIpc) is 2.55. The number of hydroxylamine groups is 2. The molecule has 1 aliphatic rings. The van der Waals surface area contributed by atoms with Crippen molar-refractivity contribution < 1.29 is 32.8 Å². The zero-order valence-corrected chi connectivity index (χ0v) is 13.2. The maximum absolute atomic E-state index is 12.8. The molecule has 0 aliphatic carbocycles. The molecule has 0 radical (unpaired) electrons. The lowest BCUT2D eigenvalue weighted by molar-refractivity contribution is -0.277. The summed E-state index contributed by atoms with van der Waals surface area (Å²) in [6, 6.07) is 8.90. The van der Waals surface area contributed by atoms with Crippen LogP contribution in [-0.2, 0) is 39.3 Å². The molecule has 1 fully saturated rings. The highest BCUT2D eigenvalue weighted by atomic mass is 31.2. The van der Waals surface area contributed by atoms with Crippen molar-refractivity contribution in [3.8, 4) is 0 Å². The van der Waals surface area contributed by atoms with E-state index in [2.05, 4.69) is 4.74 Å². The third kappa shape index (κ3) is 2.24. The zero-order chi connectivity index (χ0) is 16.4. The third-order valence-corrected chi connectivity index (χ3v) is 5.70. The van der Waals surface area contributed by atoms with E-state index >= 15 is 0 Å². The molecule has 1 atom stereocenters. The first-order chi connectivity index (χ1) is 10.5. The minimum atomic E-state index is -4.16. The van der Waals surface area contributed by atoms with Gasteiger partial charge in [-0.1, -0.05) is 35.4 Å². The summed E-state index contributed by atoms with van der Waals surface area (Å²) < 4.78 is 27.1. The summed E-state index contributed by atoms with van der Waals surface area (Å²) >= 11 is 0. The van der Waals surface area contributed by atoms with Crippen molar-refractivity contribution in [3.05, 3.63) is 35.9 Å². The number of ether oxygens (including phenoxy) is 1. The summed E-state index contributed by atoms with van der Waals surface area (Å²) in [5.74, 6) is -2.10. The minimum absolute atomic E-state index is 0.0262. The topological polar surface area (TPSA) is 91.4 Å². The van der Waals surface area contributed by atoms with Gasteiger partial charge in [0, 0.05) is 14.2 Å². The zero-order valence-electron chi connectivity index (χ0n) is 12.3. The second kappa shape index (κ2) is 6.18. The van der Waals surface area contributed by atoms with Gasteiger partial charge in [0.05, 0.1) is 13.7 Å². The van der Waals surface area contributed by atoms with Gasteiger partial charge in [0.1, 0.15) is 0 Å². The van der Waals surface area contributed by atoms with Gasteiger partial charge >= 0.3 is 24.8 Å². The van der Waals surface area contributed by atoms with Crippen LogP contribution in [0.2, 0.25) is 0 Å². The van der Waals surface area contributed by atoms with Crippen LogP contribution in [0, 0.1) is 0 Å². The molecule has 9 heteroatoms. The Morgan fingerprint density at radius 3 is 2.27 bits per heavy atom. The monoisotopic (exact) mass is 329 g/mol. The number of nitrogens with zero attached hydrogens (tertiary/aromatic N) is 1. The molecule has 1 saturated heterocycles. The molecule has 8 nitrogen and oxygen atoms in total. The number of hydrogen-bond acceptors (Lipinski definition) is 8. The molecule has 0 spiro atoms. The van der Waals surface area contributed by atoms with E-state index < -0.39 is 24.8 Å². The SMILES string of the molecule is COC(=O)C1(P(=O)(OC)OC)C(=O)ON1Cc1ccccc1. The first-order valence-corrected chi connectivity index (χ1v) is 7.84. The summed E-state index contributed by atoms with van der Waals surface area (Å²) in [5.41, 5.74) is 0.738. The molecule has 22 heavy (non-hydrogen) atoms. The molecule has 1 aromatic carbocycles. The van der Waals surface area contributed by atoms with Gasteiger partial charge in [-0.2, -0.15) is 0 Å². The molecule has 1 heterocycles. The van der Waals surface area contributed by atoms with E-state index in [1.54, 1.807) is 24.3 Å².